The average molecular weight is 201 g/mol. The summed E-state index contributed by atoms with van der Waals surface area (Å²) in [5.74, 6) is 0.0178. The normalized spacial score (nSPS) is 18.3. The molecular formula is C8H9ClN2O2. The second-order valence-corrected chi connectivity index (χ2v) is 2.68. The Morgan fingerprint density at radius 3 is 3.15 bits per heavy atom. The van der Waals surface area contributed by atoms with Crippen molar-refractivity contribution in [2.24, 2.45) is 5.73 Å². The van der Waals surface area contributed by atoms with Gasteiger partial charge in [-0.15, -0.1) is 12.4 Å². The zero-order chi connectivity index (χ0) is 8.55. The van der Waals surface area contributed by atoms with Crippen LogP contribution >= 0.6 is 12.4 Å². The number of hydrogen-bond donors (Lipinski definition) is 1. The van der Waals surface area contributed by atoms with Crippen LogP contribution in [0.4, 0.5) is 0 Å². The molecule has 2 rings (SSSR count). The van der Waals surface area contributed by atoms with Crippen molar-refractivity contribution in [3.05, 3.63) is 24.0 Å². The van der Waals surface area contributed by atoms with Gasteiger partial charge in [-0.25, -0.2) is 0 Å². The molecule has 5 heteroatoms. The molecule has 13 heavy (non-hydrogen) atoms. The largest absolute Gasteiger partial charge is 0.490 e. The van der Waals surface area contributed by atoms with Crippen LogP contribution < -0.4 is 10.5 Å². The Hall–Kier alpha value is -1.29. The molecule has 2 N–H and O–H groups in total. The highest BCUT2D eigenvalue weighted by atomic mass is 35.5. The standard InChI is InChI=1S/C8H8N2O2.ClH/c9-8(11)6-4-12-7-3-10-2-1-5(6)7;/h1-3,6H,4H2,(H2,9,11);1H. The number of carbonyl (C=O) groups excluding carboxylic acids is 1. The predicted molar refractivity (Wildman–Crippen MR) is 48.9 cm³/mol. The molecule has 0 radical (unpaired) electrons. The highest BCUT2D eigenvalue weighted by Crippen LogP contribution is 2.31. The number of aromatic nitrogens is 1. The molecule has 0 bridgehead atoms. The van der Waals surface area contributed by atoms with Crippen molar-refractivity contribution in [1.82, 2.24) is 4.98 Å². The lowest BCUT2D eigenvalue weighted by molar-refractivity contribution is -0.119. The number of primary amides is 1. The molecule has 0 aliphatic carbocycles. The van der Waals surface area contributed by atoms with Crippen LogP contribution in [0.2, 0.25) is 0 Å². The summed E-state index contributed by atoms with van der Waals surface area (Å²) in [4.78, 5) is 14.8. The number of nitrogens with two attached hydrogens (primary N) is 1. The lowest BCUT2D eigenvalue weighted by atomic mass is 10.0. The van der Waals surface area contributed by atoms with Gasteiger partial charge in [0.1, 0.15) is 18.3 Å². The van der Waals surface area contributed by atoms with Crippen LogP contribution in [0.15, 0.2) is 18.5 Å². The number of carbonyl (C=O) groups is 1. The molecule has 1 amide bonds. The fourth-order valence-electron chi connectivity index (χ4n) is 1.30. The molecule has 2 heterocycles. The Labute approximate surface area is 81.5 Å². The SMILES string of the molecule is Cl.NC(=O)C1COc2cnccc21. The van der Waals surface area contributed by atoms with E-state index >= 15 is 0 Å². The number of ether oxygens (including phenoxy) is 1. The minimum Gasteiger partial charge on any atom is -0.490 e. The number of pyridine rings is 1. The number of fused-ring (bicyclic) bond motifs is 1. The summed E-state index contributed by atoms with van der Waals surface area (Å²) in [5, 5.41) is 0. The van der Waals surface area contributed by atoms with Crippen molar-refractivity contribution < 1.29 is 9.53 Å². The fourth-order valence-corrected chi connectivity index (χ4v) is 1.30. The number of amides is 1. The van der Waals surface area contributed by atoms with E-state index in [1.165, 1.54) is 0 Å². The maximum Gasteiger partial charge on any atom is 0.228 e. The second kappa shape index (κ2) is 3.62. The average Bonchev–Trinajstić information content (AvgIpc) is 2.47. The third-order valence-electron chi connectivity index (χ3n) is 1.94. The molecule has 70 valence electrons. The summed E-state index contributed by atoms with van der Waals surface area (Å²) < 4.78 is 5.21. The maximum absolute atomic E-state index is 10.9. The Morgan fingerprint density at radius 1 is 1.69 bits per heavy atom. The van der Waals surface area contributed by atoms with Crippen LogP contribution in [0.5, 0.6) is 5.75 Å². The predicted octanol–water partition coefficient (Wildman–Crippen LogP) is 0.465. The van der Waals surface area contributed by atoms with Crippen LogP contribution in [0.3, 0.4) is 0 Å². The van der Waals surface area contributed by atoms with Gasteiger partial charge in [0, 0.05) is 11.8 Å². The summed E-state index contributed by atoms with van der Waals surface area (Å²) >= 11 is 0. The molecule has 0 aromatic carbocycles. The third kappa shape index (κ3) is 1.58. The van der Waals surface area contributed by atoms with Gasteiger partial charge in [-0.1, -0.05) is 0 Å². The minimum atomic E-state index is -0.347. The Morgan fingerprint density at radius 2 is 2.46 bits per heavy atom. The summed E-state index contributed by atoms with van der Waals surface area (Å²) in [6.45, 7) is 0.344. The van der Waals surface area contributed by atoms with E-state index in [2.05, 4.69) is 4.98 Å². The van der Waals surface area contributed by atoms with Gasteiger partial charge in [-0.3, -0.25) is 9.78 Å². The molecule has 4 nitrogen and oxygen atoms in total. The van der Waals surface area contributed by atoms with Crippen molar-refractivity contribution >= 4 is 18.3 Å². The van der Waals surface area contributed by atoms with Crippen molar-refractivity contribution in [2.75, 3.05) is 6.61 Å². The first-order chi connectivity index (χ1) is 5.79. The lowest BCUT2D eigenvalue weighted by Gasteiger charge is -2.00. The van der Waals surface area contributed by atoms with E-state index in [1.54, 1.807) is 18.5 Å². The Balaban J connectivity index is 0.000000845. The third-order valence-corrected chi connectivity index (χ3v) is 1.94. The Bertz CT molecular complexity index is 330. The first kappa shape index (κ1) is 9.80. The van der Waals surface area contributed by atoms with Crippen molar-refractivity contribution in [1.29, 1.82) is 0 Å². The van der Waals surface area contributed by atoms with E-state index in [-0.39, 0.29) is 24.2 Å². The van der Waals surface area contributed by atoms with Crippen molar-refractivity contribution in [3.8, 4) is 5.75 Å². The molecule has 1 aromatic rings. The van der Waals surface area contributed by atoms with Gasteiger partial charge in [0.2, 0.25) is 5.91 Å². The van der Waals surface area contributed by atoms with Crippen LogP contribution in [-0.2, 0) is 4.79 Å². The minimum absolute atomic E-state index is 0. The summed E-state index contributed by atoms with van der Waals surface area (Å²) in [5.41, 5.74) is 6.02. The quantitative estimate of drug-likeness (QED) is 0.717. The van der Waals surface area contributed by atoms with E-state index in [0.29, 0.717) is 12.4 Å². The van der Waals surface area contributed by atoms with E-state index in [4.69, 9.17) is 10.5 Å². The van der Waals surface area contributed by atoms with E-state index in [1.807, 2.05) is 0 Å². The van der Waals surface area contributed by atoms with Gasteiger partial charge >= 0.3 is 0 Å². The molecule has 0 spiro atoms. The molecule has 1 atom stereocenters. The van der Waals surface area contributed by atoms with Gasteiger partial charge in [-0.05, 0) is 6.07 Å². The van der Waals surface area contributed by atoms with Gasteiger partial charge in [0.15, 0.2) is 0 Å². The lowest BCUT2D eigenvalue weighted by Crippen LogP contribution is -2.22. The van der Waals surface area contributed by atoms with E-state index in [0.717, 1.165) is 5.56 Å². The molecule has 0 saturated heterocycles. The van der Waals surface area contributed by atoms with Gasteiger partial charge in [0.05, 0.1) is 6.20 Å². The molecule has 0 fully saturated rings. The van der Waals surface area contributed by atoms with Crippen LogP contribution in [0.1, 0.15) is 11.5 Å². The molecule has 1 aromatic heterocycles. The zero-order valence-corrected chi connectivity index (χ0v) is 7.58. The van der Waals surface area contributed by atoms with Crippen LogP contribution in [0.25, 0.3) is 0 Å². The summed E-state index contributed by atoms with van der Waals surface area (Å²) in [6, 6.07) is 1.76. The number of hydrogen-bond acceptors (Lipinski definition) is 3. The zero-order valence-electron chi connectivity index (χ0n) is 6.77. The van der Waals surface area contributed by atoms with E-state index < -0.39 is 0 Å². The van der Waals surface area contributed by atoms with Crippen molar-refractivity contribution in [3.63, 3.8) is 0 Å². The first-order valence-corrected chi connectivity index (χ1v) is 3.65. The molecule has 1 aliphatic rings. The highest BCUT2D eigenvalue weighted by molar-refractivity contribution is 5.85. The first-order valence-electron chi connectivity index (χ1n) is 3.65. The molecule has 1 aliphatic heterocycles. The van der Waals surface area contributed by atoms with Crippen molar-refractivity contribution in [2.45, 2.75) is 5.92 Å². The second-order valence-electron chi connectivity index (χ2n) is 2.68. The smallest absolute Gasteiger partial charge is 0.228 e. The van der Waals surface area contributed by atoms with Gasteiger partial charge < -0.3 is 10.5 Å². The topological polar surface area (TPSA) is 65.2 Å². The summed E-state index contributed by atoms with van der Waals surface area (Å²) in [6.07, 6.45) is 3.22. The van der Waals surface area contributed by atoms with Crippen LogP contribution in [-0.4, -0.2) is 17.5 Å². The maximum atomic E-state index is 10.9. The van der Waals surface area contributed by atoms with Gasteiger partial charge in [0.25, 0.3) is 0 Å². The molecular weight excluding hydrogens is 192 g/mol. The molecule has 1 unspecified atom stereocenters. The fraction of sp³-hybridized carbons (Fsp3) is 0.250. The number of rotatable bonds is 1. The highest BCUT2D eigenvalue weighted by Gasteiger charge is 2.28. The number of halogens is 1. The van der Waals surface area contributed by atoms with Crippen LogP contribution in [0, 0.1) is 0 Å². The number of nitrogens with zero attached hydrogens (tertiary/aromatic N) is 1. The van der Waals surface area contributed by atoms with E-state index in [9.17, 15) is 4.79 Å². The monoisotopic (exact) mass is 200 g/mol. The summed E-state index contributed by atoms with van der Waals surface area (Å²) in [7, 11) is 0. The molecule has 0 saturated carbocycles. The Kier molecular flexibility index (Phi) is 2.72. The van der Waals surface area contributed by atoms with Gasteiger partial charge in [-0.2, -0.15) is 0 Å².